The van der Waals surface area contributed by atoms with E-state index in [1.165, 1.54) is 16.8 Å². The number of halogens is 1. The van der Waals surface area contributed by atoms with Crippen molar-refractivity contribution in [3.8, 4) is 0 Å². The number of carbonyl (C=O) groups excluding carboxylic acids is 2. The van der Waals surface area contributed by atoms with Crippen molar-refractivity contribution in [2.45, 2.75) is 106 Å². The number of nitrogens with one attached hydrogen (secondary N) is 4. The summed E-state index contributed by atoms with van der Waals surface area (Å²) in [6.45, 7) is 6.05. The average molecular weight is 710 g/mol. The van der Waals surface area contributed by atoms with E-state index in [0.29, 0.717) is 32.2 Å². The van der Waals surface area contributed by atoms with Crippen LogP contribution in [-0.2, 0) is 42.1 Å². The van der Waals surface area contributed by atoms with Crippen LogP contribution >= 0.6 is 23.5 Å². The van der Waals surface area contributed by atoms with Crippen LogP contribution in [0.2, 0.25) is 5.02 Å². The Morgan fingerprint density at radius 1 is 1.17 bits per heavy atom. The second-order valence-electron chi connectivity index (χ2n) is 11.7. The molecular weight excluding hydrogens is 666 g/mol. The molecule has 2 aromatic carbocycles. The minimum atomic E-state index is -3.90. The fourth-order valence-electron chi connectivity index (χ4n) is 5.64. The minimum Gasteiger partial charge on any atom is -0.480 e. The van der Waals surface area contributed by atoms with Crippen molar-refractivity contribution >= 4 is 57.1 Å². The van der Waals surface area contributed by atoms with Crippen LogP contribution in [0.25, 0.3) is 0 Å². The third-order valence-corrected chi connectivity index (χ3v) is 11.1. The Morgan fingerprint density at radius 3 is 2.57 bits per heavy atom. The van der Waals surface area contributed by atoms with Crippen molar-refractivity contribution in [1.29, 1.82) is 0 Å². The van der Waals surface area contributed by atoms with Gasteiger partial charge < -0.3 is 20.1 Å². The van der Waals surface area contributed by atoms with Gasteiger partial charge in [0.05, 0.1) is 29.5 Å². The first kappa shape index (κ1) is 36.9. The smallest absolute Gasteiger partial charge is 0.326 e. The van der Waals surface area contributed by atoms with Crippen molar-refractivity contribution in [2.75, 3.05) is 18.5 Å². The number of benzene rings is 2. The van der Waals surface area contributed by atoms with Gasteiger partial charge >= 0.3 is 11.9 Å². The van der Waals surface area contributed by atoms with Crippen LogP contribution in [0.1, 0.15) is 70.4 Å². The van der Waals surface area contributed by atoms with Gasteiger partial charge in [-0.05, 0) is 81.2 Å². The fraction of sp³-hybridized carbons (Fsp3) is 0.531. The first-order valence-corrected chi connectivity index (χ1v) is 18.7. The number of sulfonamides is 1. The summed E-state index contributed by atoms with van der Waals surface area (Å²) < 4.78 is 37.6. The number of carbonyl (C=O) groups is 3. The van der Waals surface area contributed by atoms with Crippen molar-refractivity contribution < 1.29 is 32.6 Å². The zero-order valence-electron chi connectivity index (χ0n) is 26.9. The highest BCUT2D eigenvalue weighted by Gasteiger charge is 2.37. The van der Waals surface area contributed by atoms with E-state index in [0.717, 1.165) is 41.0 Å². The highest BCUT2D eigenvalue weighted by atomic mass is 35.5. The molecule has 1 fully saturated rings. The van der Waals surface area contributed by atoms with Gasteiger partial charge in [0.15, 0.2) is 0 Å². The molecule has 0 aliphatic carbocycles. The van der Waals surface area contributed by atoms with Crippen LogP contribution in [0, 0.1) is 0 Å². The first-order chi connectivity index (χ1) is 22.4. The van der Waals surface area contributed by atoms with Gasteiger partial charge in [-0.2, -0.15) is 0 Å². The summed E-state index contributed by atoms with van der Waals surface area (Å²) in [5.74, 6) is -1.89. The molecule has 12 nitrogen and oxygen atoms in total. The maximum atomic E-state index is 13.2. The highest BCUT2D eigenvalue weighted by molar-refractivity contribution is 7.97. The molecule has 2 aliphatic heterocycles. The molecule has 2 heterocycles. The molecule has 5 N–H and O–H groups in total. The molecule has 258 valence electrons. The highest BCUT2D eigenvalue weighted by Crippen LogP contribution is 2.37. The maximum absolute atomic E-state index is 13.2. The molecule has 1 amide bonds. The molecule has 1 saturated heterocycles. The molecule has 0 saturated carbocycles. The number of rotatable bonds is 16. The van der Waals surface area contributed by atoms with E-state index in [9.17, 15) is 27.9 Å². The van der Waals surface area contributed by atoms with Crippen molar-refractivity contribution in [3.05, 3.63) is 52.5 Å². The molecule has 15 heteroatoms. The number of likely N-dealkylation sites (tertiary alicyclic amines) is 1. The number of carboxylic acids is 1. The number of hydrogen-bond donors (Lipinski definition) is 5. The zero-order chi connectivity index (χ0) is 34.1. The lowest BCUT2D eigenvalue weighted by Gasteiger charge is -2.28. The van der Waals surface area contributed by atoms with Gasteiger partial charge in [-0.3, -0.25) is 14.9 Å². The summed E-state index contributed by atoms with van der Waals surface area (Å²) in [7, 11) is -3.90. The van der Waals surface area contributed by atoms with E-state index in [-0.39, 0.29) is 35.1 Å². The molecule has 2 unspecified atom stereocenters. The van der Waals surface area contributed by atoms with E-state index < -0.39 is 40.1 Å². The largest absolute Gasteiger partial charge is 0.480 e. The molecule has 0 radical (unpaired) electrons. The molecule has 0 aromatic heterocycles. The van der Waals surface area contributed by atoms with E-state index in [1.807, 2.05) is 24.3 Å². The number of carboxylic acid groups (broad SMARTS) is 1. The number of ether oxygens (including phenoxy) is 1. The van der Waals surface area contributed by atoms with Crippen molar-refractivity contribution in [1.82, 2.24) is 19.7 Å². The molecule has 4 rings (SSSR count). The number of nitrogens with zero attached hydrogens (tertiary/aromatic N) is 1. The van der Waals surface area contributed by atoms with E-state index in [2.05, 4.69) is 27.0 Å². The topological polar surface area (TPSA) is 166 Å². The Labute approximate surface area is 285 Å². The van der Waals surface area contributed by atoms with Crippen LogP contribution in [0.15, 0.2) is 46.2 Å². The van der Waals surface area contributed by atoms with E-state index >= 15 is 0 Å². The van der Waals surface area contributed by atoms with Crippen LogP contribution in [0.3, 0.4) is 0 Å². The second-order valence-corrected chi connectivity index (χ2v) is 14.8. The number of unbranched alkanes of at least 4 members (excludes halogenated alkanes) is 1. The van der Waals surface area contributed by atoms with Crippen LogP contribution < -0.4 is 20.1 Å². The number of hydrogen-bond acceptors (Lipinski definition) is 10. The van der Waals surface area contributed by atoms with Crippen LogP contribution in [0.5, 0.6) is 0 Å². The number of aryl methyl sites for hydroxylation is 1. The Kier molecular flexibility index (Phi) is 13.3. The summed E-state index contributed by atoms with van der Waals surface area (Å²) in [6, 6.07) is 8.14. The summed E-state index contributed by atoms with van der Waals surface area (Å²) in [5, 5.41) is 16.0. The lowest BCUT2D eigenvalue weighted by Crippen LogP contribution is -2.53. The van der Waals surface area contributed by atoms with Gasteiger partial charge in [-0.15, -0.1) is 0 Å². The molecule has 4 atom stereocenters. The fourth-order valence-corrected chi connectivity index (χ4v) is 8.14. The summed E-state index contributed by atoms with van der Waals surface area (Å²) >= 11 is 7.82. The van der Waals surface area contributed by atoms with Gasteiger partial charge in [-0.1, -0.05) is 55.6 Å². The maximum Gasteiger partial charge on any atom is 0.326 e. The van der Waals surface area contributed by atoms with Gasteiger partial charge in [0.2, 0.25) is 15.9 Å². The third kappa shape index (κ3) is 9.83. The minimum absolute atomic E-state index is 0.00562. The number of esters is 1. The average Bonchev–Trinajstić information content (AvgIpc) is 3.55. The van der Waals surface area contributed by atoms with Crippen LogP contribution in [-0.4, -0.2) is 73.7 Å². The predicted molar refractivity (Wildman–Crippen MR) is 182 cm³/mol. The molecular formula is C32H44ClN5O7S2. The lowest BCUT2D eigenvalue weighted by atomic mass is 10.0. The van der Waals surface area contributed by atoms with Crippen molar-refractivity contribution in [2.24, 2.45) is 0 Å². The first-order valence-electron chi connectivity index (χ1n) is 16.0. The molecule has 2 aliphatic rings. The standard InChI is InChI=1S/C32H44ClN5O7S2/c1-4-6-9-29-36-25-17-23(33)28(18-27(25)46-37-29)47(43,44)34-19-22-12-10-21(11-13-22)14-15-24(32(42)45-5-2)35-20(3)30(39)38-16-7-8-26(38)31(40)41/h10-13,17-18,20,24,26,29,34-37H,4-9,14-16,19H2,1-3H3,(H,40,41)/t20-,24?,26-,29?/m0/s1. The molecule has 2 aromatic rings. The Balaban J connectivity index is 1.33. The summed E-state index contributed by atoms with van der Waals surface area (Å²) in [5.41, 5.74) is 2.44. The second kappa shape index (κ2) is 17.0. The zero-order valence-corrected chi connectivity index (χ0v) is 29.3. The number of aliphatic carboxylic acids is 1. The number of amides is 1. The van der Waals surface area contributed by atoms with Gasteiger partial charge in [0.25, 0.3) is 0 Å². The van der Waals surface area contributed by atoms with Gasteiger partial charge in [0.1, 0.15) is 17.0 Å². The lowest BCUT2D eigenvalue weighted by molar-refractivity contribution is -0.150. The quantitative estimate of drug-likeness (QED) is 0.125. The van der Waals surface area contributed by atoms with Crippen LogP contribution in [0.4, 0.5) is 5.69 Å². The Morgan fingerprint density at radius 2 is 1.89 bits per heavy atom. The summed E-state index contributed by atoms with van der Waals surface area (Å²) in [6.07, 6.45) is 5.01. The Bertz CT molecular complexity index is 1530. The summed E-state index contributed by atoms with van der Waals surface area (Å²) in [4.78, 5) is 39.4. The van der Waals surface area contributed by atoms with E-state index in [4.69, 9.17) is 16.3 Å². The normalized spacial score (nSPS) is 19.0. The third-order valence-electron chi connectivity index (χ3n) is 8.24. The monoisotopic (exact) mass is 709 g/mol. The van der Waals surface area contributed by atoms with Gasteiger partial charge in [-0.25, -0.2) is 22.7 Å². The molecule has 0 bridgehead atoms. The molecule has 47 heavy (non-hydrogen) atoms. The Hall–Kier alpha value is -2.88. The predicted octanol–water partition coefficient (Wildman–Crippen LogP) is 4.28. The number of anilines is 1. The van der Waals surface area contributed by atoms with E-state index in [1.54, 1.807) is 26.0 Å². The van der Waals surface area contributed by atoms with Gasteiger partial charge in [0, 0.05) is 18.0 Å². The SMILES string of the molecule is CCCCC1NSc2cc(S(=O)(=O)NCc3ccc(CCC(N[C@@H](C)C(=O)N4CCC[C@H]4C(=O)O)C(=O)OCC)cc3)c(Cl)cc2N1. The number of fused-ring (bicyclic) bond motifs is 1. The van der Waals surface area contributed by atoms with Crippen molar-refractivity contribution in [3.63, 3.8) is 0 Å². The molecule has 0 spiro atoms.